The summed E-state index contributed by atoms with van der Waals surface area (Å²) >= 11 is 7.00. The number of hydrogen-bond donors (Lipinski definition) is 1. The quantitative estimate of drug-likeness (QED) is 0.0495. The van der Waals surface area contributed by atoms with E-state index in [9.17, 15) is 4.39 Å². The summed E-state index contributed by atoms with van der Waals surface area (Å²) in [6.07, 6.45) is 3.36. The number of carbonyl (C=O) groups is 1. The summed E-state index contributed by atoms with van der Waals surface area (Å²) < 4.78 is 56.9. The molecule has 4 aromatic heterocycles. The molecule has 15 nitrogen and oxygen atoms in total. The van der Waals surface area contributed by atoms with Crippen LogP contribution in [0.25, 0.3) is 45.1 Å². The van der Waals surface area contributed by atoms with Crippen molar-refractivity contribution in [1.29, 1.82) is 0 Å². The Bertz CT molecular complexity index is 4150. The zero-order valence-corrected chi connectivity index (χ0v) is 59.2. The number of carbonyl (C=O) groups excluding carboxylic acids is 1. The summed E-state index contributed by atoms with van der Waals surface area (Å²) in [5, 5.41) is 17.5. The molecule has 0 aliphatic carbocycles. The molecule has 0 fully saturated rings. The van der Waals surface area contributed by atoms with Crippen LogP contribution in [-0.4, -0.2) is 31.5 Å². The third-order valence-electron chi connectivity index (χ3n) is 12.6. The normalized spacial score (nSPS) is 10.7. The third kappa shape index (κ3) is 19.9. The van der Waals surface area contributed by atoms with Gasteiger partial charge in [0.25, 0.3) is 6.47 Å². The summed E-state index contributed by atoms with van der Waals surface area (Å²) in [7, 11) is 0. The molecule has 0 radical (unpaired) electrons. The van der Waals surface area contributed by atoms with Gasteiger partial charge in [-0.05, 0) is 212 Å². The van der Waals surface area contributed by atoms with Gasteiger partial charge < -0.3 is 49.2 Å². The summed E-state index contributed by atoms with van der Waals surface area (Å²) in [5.74, 6) is 7.09. The van der Waals surface area contributed by atoms with Crippen molar-refractivity contribution in [1.82, 2.24) is 19.9 Å². The number of phenols is 1. The molecule has 0 saturated heterocycles. The molecule has 12 rings (SSSR count). The Morgan fingerprint density at radius 2 is 0.820 bits per heavy atom. The Hall–Kier alpha value is -6.61. The summed E-state index contributed by atoms with van der Waals surface area (Å²) in [6.45, 7) is 12.4. The van der Waals surface area contributed by atoms with E-state index < -0.39 is 0 Å². The fraction of sp³-hybridized carbons (Fsp3) is 0.116. The average Bonchev–Trinajstić information content (AvgIpc) is 2.07. The number of ether oxygens (including phenoxy) is 5. The molecular formula is C69H57Br2FK2N4O11. The standard InChI is InChI=1S/C34H27BrN2O4.C23H19BrFNO2.C11H9NO2.CH2O3.2K.H/c1-34(2,3)23-20-29(38-24-13-11-22(12-14-24)33-37-27-8-4-5-9-28(27)41-33)32(35)30(21-23)39-25-15-17-26(18-16-25)40-31-10-6-7-19-36-31;1-23(2,3)15-12-17(25)21(24)20(13-15)27-16-10-8-14(9-11-16)22-26-18-6-4-5-7-19(18)28-22;13-9-4-6-10(7-5-9)14-11-3-1-2-8-12-11;2-1-4-3;;;/h4-21H,1-3H3;4-13H,1-3H3;1-8,13H;1,3H;;;/q;;;;2*+1;-1/p-1. The molecule has 12 aromatic rings. The van der Waals surface area contributed by atoms with E-state index in [1.165, 1.54) is 6.07 Å². The van der Waals surface area contributed by atoms with Crippen LogP contribution < -0.4 is 132 Å². The van der Waals surface area contributed by atoms with Gasteiger partial charge in [-0.2, -0.15) is 0 Å². The number of nitrogens with zero attached hydrogens (tertiary/aromatic N) is 4. The molecule has 1 N–H and O–H groups in total. The summed E-state index contributed by atoms with van der Waals surface area (Å²) in [5.41, 5.74) is 6.49. The zero-order valence-electron chi connectivity index (χ0n) is 50.8. The molecule has 0 spiro atoms. The van der Waals surface area contributed by atoms with Crippen molar-refractivity contribution in [2.24, 2.45) is 0 Å². The number of para-hydroxylation sites is 4. The number of benzene rings is 8. The number of aromatic nitrogens is 4. The molecule has 0 atom stereocenters. The topological polar surface area (TPSA) is 194 Å². The fourth-order valence-corrected chi connectivity index (χ4v) is 8.78. The predicted molar refractivity (Wildman–Crippen MR) is 336 cm³/mol. The first-order valence-corrected chi connectivity index (χ1v) is 28.6. The third-order valence-corrected chi connectivity index (χ3v) is 14.2. The summed E-state index contributed by atoms with van der Waals surface area (Å²) in [4.78, 5) is 28.5. The van der Waals surface area contributed by atoms with Crippen LogP contribution in [0.1, 0.15) is 54.1 Å². The van der Waals surface area contributed by atoms with Crippen molar-refractivity contribution in [3.63, 3.8) is 0 Å². The van der Waals surface area contributed by atoms with Gasteiger partial charge in [0.15, 0.2) is 11.2 Å². The molecule has 89 heavy (non-hydrogen) atoms. The number of pyridine rings is 2. The number of fused-ring (bicyclic) bond motifs is 2. The van der Waals surface area contributed by atoms with Crippen molar-refractivity contribution in [2.45, 2.75) is 52.4 Å². The van der Waals surface area contributed by atoms with Crippen molar-refractivity contribution in [2.75, 3.05) is 0 Å². The Balaban J connectivity index is 0.000000227. The van der Waals surface area contributed by atoms with E-state index in [0.717, 1.165) is 44.5 Å². The first kappa shape index (κ1) is 69.9. The van der Waals surface area contributed by atoms with Gasteiger partial charge in [0.2, 0.25) is 23.5 Å². The molecule has 8 aromatic carbocycles. The number of oxazole rings is 2. The molecule has 0 unspecified atom stereocenters. The van der Waals surface area contributed by atoms with Crippen LogP contribution in [-0.2, 0) is 20.5 Å². The minimum absolute atomic E-state index is 0. The Kier molecular flexibility index (Phi) is 25.8. The van der Waals surface area contributed by atoms with Crippen LogP contribution in [0.4, 0.5) is 4.39 Å². The number of halogens is 3. The molecule has 0 aliphatic rings. The smallest absolute Gasteiger partial charge is 1.00 e. The largest absolute Gasteiger partial charge is 1.00 e. The first-order valence-electron chi connectivity index (χ1n) is 27.0. The van der Waals surface area contributed by atoms with Crippen molar-refractivity contribution in [3.05, 3.63) is 245 Å². The van der Waals surface area contributed by atoms with Gasteiger partial charge >= 0.3 is 103 Å². The maximum Gasteiger partial charge on any atom is 1.00 e. The molecule has 442 valence electrons. The maximum atomic E-state index is 14.3. The van der Waals surface area contributed by atoms with Gasteiger partial charge in [-0.1, -0.05) is 77.9 Å². The second-order valence-electron chi connectivity index (χ2n) is 21.1. The van der Waals surface area contributed by atoms with Crippen LogP contribution in [0.15, 0.2) is 236 Å². The molecule has 20 heteroatoms. The molecule has 0 aliphatic heterocycles. The minimum Gasteiger partial charge on any atom is -1.00 e. The second kappa shape index (κ2) is 32.9. The Morgan fingerprint density at radius 1 is 0.483 bits per heavy atom. The van der Waals surface area contributed by atoms with Gasteiger partial charge in [-0.3, -0.25) is 4.79 Å². The summed E-state index contributed by atoms with van der Waals surface area (Å²) in [6, 6.07) is 62.8. The van der Waals surface area contributed by atoms with Crippen molar-refractivity contribution < 1.29 is 161 Å². The molecule has 0 amide bonds. The average molecular weight is 1380 g/mol. The van der Waals surface area contributed by atoms with E-state index in [1.54, 1.807) is 42.7 Å². The monoisotopic (exact) mass is 1370 g/mol. The van der Waals surface area contributed by atoms with Gasteiger partial charge in [-0.15, -0.1) is 0 Å². The van der Waals surface area contributed by atoms with Gasteiger partial charge in [0.1, 0.15) is 73.1 Å². The van der Waals surface area contributed by atoms with Crippen molar-refractivity contribution in [3.8, 4) is 86.4 Å². The number of phenolic OH excluding ortho intramolecular Hbond substituents is 1. The Labute approximate surface area is 617 Å². The van der Waals surface area contributed by atoms with E-state index in [2.05, 4.69) is 77.5 Å². The number of rotatable bonds is 13. The van der Waals surface area contributed by atoms with Crippen molar-refractivity contribution >= 4 is 60.5 Å². The van der Waals surface area contributed by atoms with Crippen LogP contribution in [0.5, 0.6) is 63.5 Å². The van der Waals surface area contributed by atoms with E-state index in [4.69, 9.17) is 47.7 Å². The zero-order chi connectivity index (χ0) is 61.5. The minimum atomic E-state index is -0.342. The van der Waals surface area contributed by atoms with E-state index in [1.807, 2.05) is 191 Å². The molecule has 4 heterocycles. The molecular weight excluding hydrogens is 1320 g/mol. The Morgan fingerprint density at radius 3 is 1.18 bits per heavy atom. The van der Waals surface area contributed by atoms with Gasteiger partial charge in [0.05, 0.1) is 4.47 Å². The second-order valence-corrected chi connectivity index (χ2v) is 22.7. The van der Waals surface area contributed by atoms with Gasteiger partial charge in [0, 0.05) is 35.7 Å². The van der Waals surface area contributed by atoms with Crippen LogP contribution in [0.3, 0.4) is 0 Å². The number of hydrogen-bond acceptors (Lipinski definition) is 15. The molecule has 0 saturated carbocycles. The van der Waals surface area contributed by atoms with Crippen LogP contribution in [0, 0.1) is 5.82 Å². The van der Waals surface area contributed by atoms with E-state index >= 15 is 0 Å². The predicted octanol–water partition coefficient (Wildman–Crippen LogP) is 12.9. The SMILES string of the molecule is CC(C)(C)c1cc(F)c(Br)c(Oc2ccc(-c3nc4ccccc4o3)cc2)c1.CC(C)(C)c1cc(Oc2ccc(Oc3ccccn3)cc2)c(Br)c(Oc2ccc(-c3nc4ccccc4o3)cc2)c1.O=CO[O-].Oc1ccc(Oc2ccccn2)cc1.[H-].[K+].[K+]. The fourth-order valence-electron chi connectivity index (χ4n) is 8.07. The maximum absolute atomic E-state index is 14.3. The van der Waals surface area contributed by atoms with Gasteiger partial charge in [-0.25, -0.2) is 24.3 Å². The number of aromatic hydroxyl groups is 1. The first-order chi connectivity index (χ1) is 41.9. The van der Waals surface area contributed by atoms with Crippen LogP contribution >= 0.6 is 31.9 Å². The van der Waals surface area contributed by atoms with E-state index in [0.29, 0.717) is 78.5 Å². The van der Waals surface area contributed by atoms with Crippen LogP contribution in [0.2, 0.25) is 0 Å². The molecule has 0 bridgehead atoms. The van der Waals surface area contributed by atoms with E-state index in [-0.39, 0.29) is 133 Å².